The van der Waals surface area contributed by atoms with Crippen LogP contribution in [0.25, 0.3) is 0 Å². The van der Waals surface area contributed by atoms with E-state index >= 15 is 0 Å². The number of unbranched alkanes of at least 4 members (excludes halogenated alkanes) is 5. The Morgan fingerprint density at radius 2 is 1.86 bits per heavy atom. The van der Waals surface area contributed by atoms with Crippen molar-refractivity contribution in [3.63, 3.8) is 0 Å². The molecule has 1 fully saturated rings. The van der Waals surface area contributed by atoms with Crippen LogP contribution in [0, 0.1) is 0 Å². The van der Waals surface area contributed by atoms with Gasteiger partial charge in [0.2, 0.25) is 0 Å². The summed E-state index contributed by atoms with van der Waals surface area (Å²) in [5.74, 6) is -0.619. The monoisotopic (exact) mass is 398 g/mol. The number of rotatable bonds is 11. The van der Waals surface area contributed by atoms with Crippen molar-refractivity contribution in [2.45, 2.75) is 89.6 Å². The molecule has 2 heterocycles. The molecule has 0 aromatic heterocycles. The van der Waals surface area contributed by atoms with Crippen molar-refractivity contribution in [2.24, 2.45) is 0 Å². The molecule has 2 atom stereocenters. The lowest BCUT2D eigenvalue weighted by molar-refractivity contribution is -0.244. The van der Waals surface area contributed by atoms with Gasteiger partial charge in [-0.25, -0.2) is 0 Å². The molecule has 0 N–H and O–H groups in total. The Balaban J connectivity index is 1.54. The molecule has 3 rings (SSSR count). The summed E-state index contributed by atoms with van der Waals surface area (Å²) >= 11 is 0. The van der Waals surface area contributed by atoms with Crippen LogP contribution < -0.4 is 0 Å². The minimum atomic E-state index is -0.619. The lowest BCUT2D eigenvalue weighted by Gasteiger charge is -2.42. The fourth-order valence-electron chi connectivity index (χ4n) is 4.33. The van der Waals surface area contributed by atoms with E-state index in [2.05, 4.69) is 43.8 Å². The zero-order valence-corrected chi connectivity index (χ0v) is 18.2. The first kappa shape index (κ1) is 22.3. The second-order valence-corrected chi connectivity index (χ2v) is 8.62. The van der Waals surface area contributed by atoms with Gasteiger partial charge in [-0.15, -0.1) is 0 Å². The molecule has 3 nitrogen and oxygen atoms in total. The Morgan fingerprint density at radius 1 is 1.07 bits per heavy atom. The Labute approximate surface area is 177 Å². The zero-order chi connectivity index (χ0) is 20.4. The van der Waals surface area contributed by atoms with Gasteiger partial charge >= 0.3 is 0 Å². The summed E-state index contributed by atoms with van der Waals surface area (Å²) in [6.45, 7) is 8.44. The molecule has 1 saturated heterocycles. The largest absolute Gasteiger partial charge is 0.372 e. The highest BCUT2D eigenvalue weighted by atomic mass is 16.7. The molecule has 2 aliphatic heterocycles. The predicted octanol–water partition coefficient (Wildman–Crippen LogP) is 6.73. The molecule has 1 aromatic carbocycles. The van der Waals surface area contributed by atoms with Crippen molar-refractivity contribution in [1.82, 2.24) is 0 Å². The molecule has 0 aliphatic carbocycles. The van der Waals surface area contributed by atoms with Gasteiger partial charge in [0.25, 0.3) is 0 Å². The van der Waals surface area contributed by atoms with Crippen LogP contribution in [-0.2, 0) is 20.8 Å². The van der Waals surface area contributed by atoms with E-state index in [0.29, 0.717) is 19.8 Å². The topological polar surface area (TPSA) is 27.7 Å². The summed E-state index contributed by atoms with van der Waals surface area (Å²) in [5, 5.41) is 0. The van der Waals surface area contributed by atoms with Crippen molar-refractivity contribution in [3.05, 3.63) is 59.7 Å². The molecule has 29 heavy (non-hydrogen) atoms. The quantitative estimate of drug-likeness (QED) is 0.305. The first-order chi connectivity index (χ1) is 14.2. The number of benzene rings is 1. The van der Waals surface area contributed by atoms with E-state index in [-0.39, 0.29) is 6.10 Å². The Morgan fingerprint density at radius 3 is 2.66 bits per heavy atom. The minimum Gasteiger partial charge on any atom is -0.372 e. The van der Waals surface area contributed by atoms with E-state index in [1.165, 1.54) is 55.2 Å². The number of hydrogen-bond acceptors (Lipinski definition) is 3. The van der Waals surface area contributed by atoms with Crippen molar-refractivity contribution >= 4 is 0 Å². The van der Waals surface area contributed by atoms with E-state index in [4.69, 9.17) is 14.2 Å². The van der Waals surface area contributed by atoms with Crippen molar-refractivity contribution in [2.75, 3.05) is 13.2 Å². The van der Waals surface area contributed by atoms with Gasteiger partial charge in [-0.1, -0.05) is 87.9 Å². The van der Waals surface area contributed by atoms with Gasteiger partial charge in [-0.3, -0.25) is 0 Å². The maximum atomic E-state index is 6.49. The van der Waals surface area contributed by atoms with Crippen molar-refractivity contribution < 1.29 is 14.2 Å². The van der Waals surface area contributed by atoms with E-state index < -0.39 is 5.79 Å². The predicted molar refractivity (Wildman–Crippen MR) is 119 cm³/mol. The highest BCUT2D eigenvalue weighted by molar-refractivity contribution is 5.19. The first-order valence-electron chi connectivity index (χ1n) is 11.5. The van der Waals surface area contributed by atoms with Gasteiger partial charge in [0.05, 0.1) is 25.9 Å². The van der Waals surface area contributed by atoms with Gasteiger partial charge < -0.3 is 14.2 Å². The third-order valence-electron chi connectivity index (χ3n) is 5.86. The van der Waals surface area contributed by atoms with Crippen LogP contribution in [0.5, 0.6) is 0 Å². The van der Waals surface area contributed by atoms with Crippen LogP contribution in [0.15, 0.2) is 54.1 Å². The zero-order valence-electron chi connectivity index (χ0n) is 18.2. The highest BCUT2D eigenvalue weighted by Crippen LogP contribution is 2.38. The summed E-state index contributed by atoms with van der Waals surface area (Å²) in [7, 11) is 0. The third-order valence-corrected chi connectivity index (χ3v) is 5.86. The Hall–Kier alpha value is -1.42. The molecule has 0 unspecified atom stereocenters. The van der Waals surface area contributed by atoms with Crippen LogP contribution in [-0.4, -0.2) is 25.1 Å². The van der Waals surface area contributed by atoms with Gasteiger partial charge in [0.15, 0.2) is 5.79 Å². The minimum absolute atomic E-state index is 0.215. The Bertz CT molecular complexity index is 651. The van der Waals surface area contributed by atoms with Crippen LogP contribution >= 0.6 is 0 Å². The maximum absolute atomic E-state index is 6.49. The van der Waals surface area contributed by atoms with Crippen molar-refractivity contribution in [1.29, 1.82) is 0 Å². The molecule has 3 heteroatoms. The summed E-state index contributed by atoms with van der Waals surface area (Å²) in [6, 6.07) is 10.4. The lowest BCUT2D eigenvalue weighted by atomic mass is 9.92. The summed E-state index contributed by atoms with van der Waals surface area (Å²) in [5.41, 5.74) is 3.73. The molecule has 0 saturated carbocycles. The summed E-state index contributed by atoms with van der Waals surface area (Å²) < 4.78 is 18.7. The molecular weight excluding hydrogens is 360 g/mol. The molecule has 160 valence electrons. The molecule has 1 spiro atoms. The maximum Gasteiger partial charge on any atom is 0.192 e. The average molecular weight is 399 g/mol. The average Bonchev–Trinajstić information content (AvgIpc) is 2.71. The second kappa shape index (κ2) is 11.7. The van der Waals surface area contributed by atoms with Crippen LogP contribution in [0.3, 0.4) is 0 Å². The fourth-order valence-corrected chi connectivity index (χ4v) is 4.33. The standard InChI is InChI=1S/C26H38O3/c1-3-4-5-6-7-11-14-25-17-24(21-27-20-23-12-9-8-10-13-23)19-26(29-25)18-22(2)15-16-28-26/h8-10,12-13,19,25H,2-7,11,14-18,20-21H2,1H3/t25-,26+/m1/s1. The van der Waals surface area contributed by atoms with Gasteiger partial charge in [-0.05, 0) is 36.5 Å². The molecule has 2 aliphatic rings. The second-order valence-electron chi connectivity index (χ2n) is 8.62. The van der Waals surface area contributed by atoms with Gasteiger partial charge in [-0.2, -0.15) is 0 Å². The van der Waals surface area contributed by atoms with Gasteiger partial charge in [0.1, 0.15) is 0 Å². The molecule has 1 aromatic rings. The van der Waals surface area contributed by atoms with E-state index in [1.54, 1.807) is 0 Å². The molecule has 0 amide bonds. The van der Waals surface area contributed by atoms with Crippen LogP contribution in [0.1, 0.15) is 76.7 Å². The normalized spacial score (nSPS) is 24.7. The van der Waals surface area contributed by atoms with Crippen LogP contribution in [0.2, 0.25) is 0 Å². The smallest absolute Gasteiger partial charge is 0.192 e. The molecule has 0 radical (unpaired) electrons. The lowest BCUT2D eigenvalue weighted by Crippen LogP contribution is -2.44. The van der Waals surface area contributed by atoms with Gasteiger partial charge in [0, 0.05) is 6.42 Å². The Kier molecular flexibility index (Phi) is 8.97. The van der Waals surface area contributed by atoms with E-state index in [1.807, 2.05) is 6.07 Å². The van der Waals surface area contributed by atoms with Crippen molar-refractivity contribution in [3.8, 4) is 0 Å². The van der Waals surface area contributed by atoms with Crippen LogP contribution in [0.4, 0.5) is 0 Å². The highest BCUT2D eigenvalue weighted by Gasteiger charge is 2.39. The number of hydrogen-bond donors (Lipinski definition) is 0. The van der Waals surface area contributed by atoms with E-state index in [9.17, 15) is 0 Å². The number of ether oxygens (including phenoxy) is 3. The molecule has 0 bridgehead atoms. The first-order valence-corrected chi connectivity index (χ1v) is 11.5. The summed E-state index contributed by atoms with van der Waals surface area (Å²) in [6.07, 6.45) is 14.0. The SMILES string of the molecule is C=C1CCO[C@@]2(C=C(COCc3ccccc3)C[C@@H](CCCCCCCC)O2)C1. The fraction of sp³-hybridized carbons (Fsp3) is 0.615. The molecular formula is C26H38O3. The summed E-state index contributed by atoms with van der Waals surface area (Å²) in [4.78, 5) is 0. The third kappa shape index (κ3) is 7.40. The van der Waals surface area contributed by atoms with E-state index in [0.717, 1.165) is 25.7 Å².